The van der Waals surface area contributed by atoms with Crippen LogP contribution in [0.15, 0.2) is 0 Å². The van der Waals surface area contributed by atoms with Gasteiger partial charge in [-0.15, -0.1) is 0 Å². The Morgan fingerprint density at radius 2 is 1.73 bits per heavy atom. The van der Waals surface area contributed by atoms with Gasteiger partial charge < -0.3 is 5.73 Å². The van der Waals surface area contributed by atoms with E-state index in [-0.39, 0.29) is 0 Å². The Hall–Kier alpha value is -0.0800. The highest BCUT2D eigenvalue weighted by molar-refractivity contribution is 4.87. The van der Waals surface area contributed by atoms with E-state index in [0.29, 0.717) is 0 Å². The molecule has 2 atom stereocenters. The van der Waals surface area contributed by atoms with Crippen LogP contribution in [0.25, 0.3) is 0 Å². The van der Waals surface area contributed by atoms with Gasteiger partial charge in [0.25, 0.3) is 0 Å². The molecule has 0 aliphatic heterocycles. The van der Waals surface area contributed by atoms with Crippen molar-refractivity contribution in [2.24, 2.45) is 11.7 Å². The van der Waals surface area contributed by atoms with Gasteiger partial charge in [0.15, 0.2) is 0 Å². The minimum Gasteiger partial charge on any atom is -0.329 e. The summed E-state index contributed by atoms with van der Waals surface area (Å²) in [5.41, 5.74) is 5.75. The fourth-order valence-corrected chi connectivity index (χ4v) is 3.23. The number of hydrogen-bond acceptors (Lipinski definition) is 2. The SMILES string of the molecule is CC1CCCC(N(CCN)C2CCC2)C1. The first-order valence-corrected chi connectivity index (χ1v) is 6.77. The van der Waals surface area contributed by atoms with Crippen molar-refractivity contribution in [3.05, 3.63) is 0 Å². The molecule has 0 heterocycles. The monoisotopic (exact) mass is 210 g/mol. The van der Waals surface area contributed by atoms with Crippen LogP contribution in [0.5, 0.6) is 0 Å². The first-order chi connectivity index (χ1) is 7.31. The standard InChI is InChI=1S/C13H26N2/c1-11-4-2-7-13(10-11)15(9-8-14)12-5-3-6-12/h11-13H,2-10,14H2,1H3. The van der Waals surface area contributed by atoms with Gasteiger partial charge in [-0.3, -0.25) is 4.90 Å². The van der Waals surface area contributed by atoms with Crippen molar-refractivity contribution < 1.29 is 0 Å². The normalized spacial score (nSPS) is 33.0. The largest absolute Gasteiger partial charge is 0.329 e. The molecule has 0 spiro atoms. The summed E-state index contributed by atoms with van der Waals surface area (Å²) in [5, 5.41) is 0. The highest BCUT2D eigenvalue weighted by Crippen LogP contribution is 2.33. The van der Waals surface area contributed by atoms with Gasteiger partial charge in [-0.2, -0.15) is 0 Å². The second kappa shape index (κ2) is 5.31. The van der Waals surface area contributed by atoms with E-state index in [2.05, 4.69) is 11.8 Å². The molecule has 2 aliphatic rings. The zero-order valence-corrected chi connectivity index (χ0v) is 10.1. The zero-order chi connectivity index (χ0) is 10.7. The highest BCUT2D eigenvalue weighted by atomic mass is 15.2. The molecular formula is C13H26N2. The third-order valence-corrected chi connectivity index (χ3v) is 4.31. The molecule has 2 N–H and O–H groups in total. The quantitative estimate of drug-likeness (QED) is 0.772. The fourth-order valence-electron chi connectivity index (χ4n) is 3.23. The molecule has 0 aromatic rings. The molecule has 0 saturated heterocycles. The van der Waals surface area contributed by atoms with Gasteiger partial charge >= 0.3 is 0 Å². The third kappa shape index (κ3) is 2.73. The molecule has 2 fully saturated rings. The maximum Gasteiger partial charge on any atom is 0.0110 e. The van der Waals surface area contributed by atoms with Crippen molar-refractivity contribution in [3.63, 3.8) is 0 Å². The lowest BCUT2D eigenvalue weighted by Gasteiger charge is -2.45. The summed E-state index contributed by atoms with van der Waals surface area (Å²) >= 11 is 0. The van der Waals surface area contributed by atoms with Crippen molar-refractivity contribution in [1.29, 1.82) is 0 Å². The zero-order valence-electron chi connectivity index (χ0n) is 10.1. The Kier molecular flexibility index (Phi) is 4.04. The van der Waals surface area contributed by atoms with E-state index in [4.69, 9.17) is 5.73 Å². The number of nitrogens with zero attached hydrogens (tertiary/aromatic N) is 1. The second-order valence-corrected chi connectivity index (χ2v) is 5.54. The molecule has 2 rings (SSSR count). The summed E-state index contributed by atoms with van der Waals surface area (Å²) in [7, 11) is 0. The predicted molar refractivity (Wildman–Crippen MR) is 64.8 cm³/mol. The van der Waals surface area contributed by atoms with Crippen molar-refractivity contribution in [2.45, 2.75) is 64.0 Å². The number of nitrogens with two attached hydrogens (primary N) is 1. The molecule has 0 bridgehead atoms. The molecule has 2 aliphatic carbocycles. The number of rotatable bonds is 4. The molecule has 15 heavy (non-hydrogen) atoms. The first-order valence-electron chi connectivity index (χ1n) is 6.77. The van der Waals surface area contributed by atoms with Crippen LogP contribution in [0.3, 0.4) is 0 Å². The fraction of sp³-hybridized carbons (Fsp3) is 1.00. The Bertz CT molecular complexity index is 189. The van der Waals surface area contributed by atoms with Gasteiger partial charge in [0.1, 0.15) is 0 Å². The van der Waals surface area contributed by atoms with Gasteiger partial charge in [-0.05, 0) is 31.6 Å². The van der Waals surface area contributed by atoms with Crippen LogP contribution >= 0.6 is 0 Å². The summed E-state index contributed by atoms with van der Waals surface area (Å²) in [6, 6.07) is 1.73. The lowest BCUT2D eigenvalue weighted by molar-refractivity contribution is 0.0523. The summed E-state index contributed by atoms with van der Waals surface area (Å²) in [6.07, 6.45) is 9.98. The van der Waals surface area contributed by atoms with Crippen LogP contribution in [0.1, 0.15) is 51.9 Å². The molecule has 0 amide bonds. The van der Waals surface area contributed by atoms with E-state index in [1.165, 1.54) is 44.9 Å². The minimum atomic E-state index is 0.835. The van der Waals surface area contributed by atoms with Gasteiger partial charge in [-0.25, -0.2) is 0 Å². The molecule has 2 nitrogen and oxygen atoms in total. The Morgan fingerprint density at radius 1 is 1.07 bits per heavy atom. The molecule has 2 unspecified atom stereocenters. The molecule has 0 aromatic heterocycles. The summed E-state index contributed by atoms with van der Waals surface area (Å²) in [4.78, 5) is 2.74. The van der Waals surface area contributed by atoms with Gasteiger partial charge in [0.2, 0.25) is 0 Å². The number of hydrogen-bond donors (Lipinski definition) is 1. The Labute approximate surface area is 94.2 Å². The summed E-state index contributed by atoms with van der Waals surface area (Å²) in [5.74, 6) is 0.934. The molecular weight excluding hydrogens is 184 g/mol. The summed E-state index contributed by atoms with van der Waals surface area (Å²) in [6.45, 7) is 4.37. The minimum absolute atomic E-state index is 0.835. The first kappa shape index (κ1) is 11.4. The van der Waals surface area contributed by atoms with Gasteiger partial charge in [0, 0.05) is 25.2 Å². The van der Waals surface area contributed by atoms with Crippen molar-refractivity contribution in [1.82, 2.24) is 4.90 Å². The Morgan fingerprint density at radius 3 is 2.27 bits per heavy atom. The van der Waals surface area contributed by atoms with Crippen LogP contribution in [-0.4, -0.2) is 30.1 Å². The lowest BCUT2D eigenvalue weighted by Crippen LogP contribution is -2.50. The average molecular weight is 210 g/mol. The Balaban J connectivity index is 1.90. The summed E-state index contributed by atoms with van der Waals surface area (Å²) < 4.78 is 0. The molecule has 2 heteroatoms. The third-order valence-electron chi connectivity index (χ3n) is 4.31. The van der Waals surface area contributed by atoms with E-state index in [1.807, 2.05) is 0 Å². The van der Waals surface area contributed by atoms with E-state index < -0.39 is 0 Å². The van der Waals surface area contributed by atoms with Crippen LogP contribution in [0.2, 0.25) is 0 Å². The highest BCUT2D eigenvalue weighted by Gasteiger charge is 2.31. The smallest absolute Gasteiger partial charge is 0.0110 e. The van der Waals surface area contributed by atoms with Crippen molar-refractivity contribution in [3.8, 4) is 0 Å². The van der Waals surface area contributed by atoms with Gasteiger partial charge in [0.05, 0.1) is 0 Å². The second-order valence-electron chi connectivity index (χ2n) is 5.54. The van der Waals surface area contributed by atoms with Gasteiger partial charge in [-0.1, -0.05) is 26.2 Å². The molecule has 2 saturated carbocycles. The predicted octanol–water partition coefficient (Wildman–Crippen LogP) is 2.38. The lowest BCUT2D eigenvalue weighted by atomic mass is 9.83. The van der Waals surface area contributed by atoms with E-state index in [9.17, 15) is 0 Å². The average Bonchev–Trinajstić information content (AvgIpc) is 2.14. The maximum absolute atomic E-state index is 5.75. The maximum atomic E-state index is 5.75. The van der Waals surface area contributed by atoms with Crippen molar-refractivity contribution in [2.75, 3.05) is 13.1 Å². The van der Waals surface area contributed by atoms with Crippen LogP contribution in [0.4, 0.5) is 0 Å². The topological polar surface area (TPSA) is 29.3 Å². The van der Waals surface area contributed by atoms with E-state index in [0.717, 1.165) is 31.1 Å². The van der Waals surface area contributed by atoms with E-state index in [1.54, 1.807) is 0 Å². The van der Waals surface area contributed by atoms with Crippen LogP contribution < -0.4 is 5.73 Å². The van der Waals surface area contributed by atoms with Crippen molar-refractivity contribution >= 4 is 0 Å². The molecule has 0 aromatic carbocycles. The molecule has 88 valence electrons. The van der Waals surface area contributed by atoms with Crippen LogP contribution in [0, 0.1) is 5.92 Å². The van der Waals surface area contributed by atoms with E-state index >= 15 is 0 Å². The molecule has 0 radical (unpaired) electrons. The van der Waals surface area contributed by atoms with Crippen LogP contribution in [-0.2, 0) is 0 Å².